The lowest BCUT2D eigenvalue weighted by Gasteiger charge is -2.25. The average molecular weight is 279 g/mol. The van der Waals surface area contributed by atoms with E-state index >= 15 is 0 Å². The summed E-state index contributed by atoms with van der Waals surface area (Å²) in [5.74, 6) is -0.403. The number of nitrogens with zero attached hydrogens (tertiary/aromatic N) is 2. The van der Waals surface area contributed by atoms with Crippen LogP contribution in [0.3, 0.4) is 0 Å². The third kappa shape index (κ3) is 3.66. The van der Waals surface area contributed by atoms with E-state index in [0.29, 0.717) is 23.9 Å². The molecule has 110 valence electrons. The Morgan fingerprint density at radius 2 is 2.10 bits per heavy atom. The zero-order chi connectivity index (χ0) is 14.5. The number of hydrogen-bond donors (Lipinski definition) is 1. The van der Waals surface area contributed by atoms with Gasteiger partial charge < -0.3 is 15.2 Å². The minimum Gasteiger partial charge on any atom is -0.462 e. The van der Waals surface area contributed by atoms with Gasteiger partial charge in [-0.25, -0.2) is 9.78 Å². The molecule has 2 rings (SSSR count). The molecule has 1 aliphatic rings. The van der Waals surface area contributed by atoms with E-state index in [2.05, 4.69) is 9.97 Å². The molecule has 6 nitrogen and oxygen atoms in total. The second-order valence-corrected chi connectivity index (χ2v) is 5.03. The number of carbonyl (C=O) groups is 1. The van der Waals surface area contributed by atoms with Crippen molar-refractivity contribution in [3.05, 3.63) is 17.5 Å². The minimum absolute atomic E-state index is 0.114. The highest BCUT2D eigenvalue weighted by Crippen LogP contribution is 2.21. The van der Waals surface area contributed by atoms with E-state index in [1.165, 1.54) is 6.20 Å². The van der Waals surface area contributed by atoms with Gasteiger partial charge in [-0.05, 0) is 39.5 Å². The molecule has 0 aromatic carbocycles. The molecule has 0 atom stereocenters. The van der Waals surface area contributed by atoms with Crippen molar-refractivity contribution in [2.24, 2.45) is 5.73 Å². The van der Waals surface area contributed by atoms with Gasteiger partial charge in [0, 0.05) is 12.2 Å². The highest BCUT2D eigenvalue weighted by atomic mass is 16.5. The maximum Gasteiger partial charge on any atom is 0.341 e. The molecule has 1 heterocycles. The van der Waals surface area contributed by atoms with Gasteiger partial charge in [-0.15, -0.1) is 0 Å². The van der Waals surface area contributed by atoms with Crippen LogP contribution >= 0.6 is 0 Å². The second kappa shape index (κ2) is 6.65. The van der Waals surface area contributed by atoms with Crippen LogP contribution in [0, 0.1) is 6.92 Å². The Bertz CT molecular complexity index is 471. The molecule has 1 aromatic heterocycles. The van der Waals surface area contributed by atoms with Gasteiger partial charge in [-0.1, -0.05) is 0 Å². The fourth-order valence-electron chi connectivity index (χ4n) is 2.27. The summed E-state index contributed by atoms with van der Waals surface area (Å²) < 4.78 is 10.7. The van der Waals surface area contributed by atoms with Crippen LogP contribution in [0.1, 0.15) is 48.7 Å². The number of hydrogen-bond acceptors (Lipinski definition) is 6. The Hall–Kier alpha value is -1.69. The van der Waals surface area contributed by atoms with Gasteiger partial charge in [-0.2, -0.15) is 4.98 Å². The van der Waals surface area contributed by atoms with E-state index in [-0.39, 0.29) is 12.1 Å². The molecule has 6 heteroatoms. The van der Waals surface area contributed by atoms with Crippen molar-refractivity contribution >= 4 is 5.97 Å². The molecule has 0 unspecified atom stereocenters. The Kier molecular flexibility index (Phi) is 4.89. The number of aromatic nitrogens is 2. The lowest BCUT2D eigenvalue weighted by atomic mass is 9.94. The van der Waals surface area contributed by atoms with E-state index in [1.807, 2.05) is 0 Å². The van der Waals surface area contributed by atoms with Crippen LogP contribution in [0.5, 0.6) is 6.01 Å². The summed E-state index contributed by atoms with van der Waals surface area (Å²) in [7, 11) is 0. The second-order valence-electron chi connectivity index (χ2n) is 5.03. The predicted octanol–water partition coefficient (Wildman–Crippen LogP) is 1.61. The molecule has 1 fully saturated rings. The zero-order valence-electron chi connectivity index (χ0n) is 12.0. The summed E-state index contributed by atoms with van der Waals surface area (Å²) >= 11 is 0. The number of aryl methyl sites for hydroxylation is 1. The first kappa shape index (κ1) is 14.7. The predicted molar refractivity (Wildman–Crippen MR) is 73.6 cm³/mol. The number of rotatable bonds is 4. The van der Waals surface area contributed by atoms with E-state index in [1.54, 1.807) is 13.8 Å². The Labute approximate surface area is 118 Å². The van der Waals surface area contributed by atoms with Crippen molar-refractivity contribution in [1.82, 2.24) is 9.97 Å². The number of ether oxygens (including phenoxy) is 2. The van der Waals surface area contributed by atoms with Gasteiger partial charge in [-0.3, -0.25) is 0 Å². The summed E-state index contributed by atoms with van der Waals surface area (Å²) in [6.45, 7) is 3.84. The lowest BCUT2D eigenvalue weighted by molar-refractivity contribution is 0.0524. The summed E-state index contributed by atoms with van der Waals surface area (Å²) in [6, 6.07) is 0.597. The average Bonchev–Trinajstić information content (AvgIpc) is 2.42. The summed E-state index contributed by atoms with van der Waals surface area (Å²) in [5.41, 5.74) is 6.81. The standard InChI is InChI=1S/C14H21N3O3/c1-3-19-13(18)12-8-16-14(17-9(12)2)20-11-6-4-10(15)5-7-11/h8,10-11H,3-7,15H2,1-2H3. The van der Waals surface area contributed by atoms with Gasteiger partial charge >= 0.3 is 12.0 Å². The van der Waals surface area contributed by atoms with Gasteiger partial charge in [0.15, 0.2) is 0 Å². The maximum atomic E-state index is 11.6. The van der Waals surface area contributed by atoms with E-state index in [0.717, 1.165) is 25.7 Å². The van der Waals surface area contributed by atoms with E-state index < -0.39 is 5.97 Å². The van der Waals surface area contributed by atoms with Gasteiger partial charge in [0.1, 0.15) is 6.10 Å². The lowest BCUT2D eigenvalue weighted by Crippen LogP contribution is -2.32. The van der Waals surface area contributed by atoms with Gasteiger partial charge in [0.25, 0.3) is 0 Å². The third-order valence-electron chi connectivity index (χ3n) is 3.44. The van der Waals surface area contributed by atoms with E-state index in [4.69, 9.17) is 15.2 Å². The Morgan fingerprint density at radius 1 is 1.40 bits per heavy atom. The van der Waals surface area contributed by atoms with Gasteiger partial charge in [0.2, 0.25) is 0 Å². The van der Waals surface area contributed by atoms with Crippen molar-refractivity contribution in [2.75, 3.05) is 6.61 Å². The number of carbonyl (C=O) groups excluding carboxylic acids is 1. The van der Waals surface area contributed by atoms with Crippen LogP contribution < -0.4 is 10.5 Å². The largest absolute Gasteiger partial charge is 0.462 e. The third-order valence-corrected chi connectivity index (χ3v) is 3.44. The monoisotopic (exact) mass is 279 g/mol. The van der Waals surface area contributed by atoms with Crippen LogP contribution in [-0.4, -0.2) is 34.7 Å². The minimum atomic E-state index is -0.403. The van der Waals surface area contributed by atoms with Crippen molar-refractivity contribution in [3.8, 4) is 6.01 Å². The first-order valence-electron chi connectivity index (χ1n) is 7.03. The van der Waals surface area contributed by atoms with Crippen LogP contribution in [0.25, 0.3) is 0 Å². The SMILES string of the molecule is CCOC(=O)c1cnc(OC2CCC(N)CC2)nc1C. The molecule has 2 N–H and O–H groups in total. The molecular formula is C14H21N3O3. The molecule has 0 amide bonds. The van der Waals surface area contributed by atoms with Crippen molar-refractivity contribution in [3.63, 3.8) is 0 Å². The zero-order valence-corrected chi connectivity index (χ0v) is 12.0. The molecule has 20 heavy (non-hydrogen) atoms. The quantitative estimate of drug-likeness (QED) is 0.842. The van der Waals surface area contributed by atoms with Crippen LogP contribution in [-0.2, 0) is 4.74 Å². The molecule has 0 bridgehead atoms. The normalized spacial score (nSPS) is 22.4. The molecule has 1 aromatic rings. The molecule has 1 saturated carbocycles. The first-order chi connectivity index (χ1) is 9.60. The van der Waals surface area contributed by atoms with Crippen molar-refractivity contribution < 1.29 is 14.3 Å². The molecule has 0 saturated heterocycles. The number of esters is 1. The fourth-order valence-corrected chi connectivity index (χ4v) is 2.27. The molecule has 0 spiro atoms. The van der Waals surface area contributed by atoms with Crippen LogP contribution in [0.15, 0.2) is 6.20 Å². The molecule has 0 aliphatic heterocycles. The van der Waals surface area contributed by atoms with Gasteiger partial charge in [0.05, 0.1) is 17.9 Å². The topological polar surface area (TPSA) is 87.3 Å². The Balaban J connectivity index is 2.00. The fraction of sp³-hybridized carbons (Fsp3) is 0.643. The summed E-state index contributed by atoms with van der Waals surface area (Å²) in [5, 5.41) is 0. The van der Waals surface area contributed by atoms with Crippen molar-refractivity contribution in [2.45, 2.75) is 51.7 Å². The Morgan fingerprint density at radius 3 is 2.70 bits per heavy atom. The first-order valence-corrected chi connectivity index (χ1v) is 7.03. The molecule has 1 aliphatic carbocycles. The summed E-state index contributed by atoms with van der Waals surface area (Å²) in [6.07, 6.45) is 5.34. The van der Waals surface area contributed by atoms with Crippen molar-refractivity contribution in [1.29, 1.82) is 0 Å². The highest BCUT2D eigenvalue weighted by Gasteiger charge is 2.21. The summed E-state index contributed by atoms with van der Waals surface area (Å²) in [4.78, 5) is 20.0. The maximum absolute atomic E-state index is 11.6. The smallest absolute Gasteiger partial charge is 0.341 e. The number of nitrogens with two attached hydrogens (primary N) is 1. The van der Waals surface area contributed by atoms with Crippen LogP contribution in [0.2, 0.25) is 0 Å². The molecule has 0 radical (unpaired) electrons. The van der Waals surface area contributed by atoms with Crippen LogP contribution in [0.4, 0.5) is 0 Å². The van der Waals surface area contributed by atoms with E-state index in [9.17, 15) is 4.79 Å². The highest BCUT2D eigenvalue weighted by molar-refractivity contribution is 5.90. The molecular weight excluding hydrogens is 258 g/mol.